The summed E-state index contributed by atoms with van der Waals surface area (Å²) in [5.41, 5.74) is 1.99. The van der Waals surface area contributed by atoms with E-state index in [2.05, 4.69) is 0 Å². The number of hydrogen-bond acceptors (Lipinski definition) is 8. The molecule has 1 saturated heterocycles. The molecule has 0 unspecified atom stereocenters. The summed E-state index contributed by atoms with van der Waals surface area (Å²) in [6.45, 7) is 1.42. The summed E-state index contributed by atoms with van der Waals surface area (Å²) < 4.78 is 28.7. The molecule has 0 bridgehead atoms. The predicted octanol–water partition coefficient (Wildman–Crippen LogP) is 4.30. The van der Waals surface area contributed by atoms with Crippen molar-refractivity contribution in [2.45, 2.75) is 30.7 Å². The van der Waals surface area contributed by atoms with Crippen molar-refractivity contribution in [1.82, 2.24) is 14.0 Å². The maximum atomic E-state index is 14.7. The minimum atomic E-state index is -0.874. The zero-order valence-electron chi connectivity index (χ0n) is 28.7. The number of benzene rings is 3. The molecule has 0 aliphatic carbocycles. The number of methoxy groups -OCH3 is 2. The normalized spacial score (nSPS) is 16.5. The largest absolute Gasteiger partial charge is 0.481 e. The number of halogens is 1. The number of imidazole rings is 1. The third-order valence-corrected chi connectivity index (χ3v) is 10.2. The highest BCUT2D eigenvalue weighted by atomic mass is 32.2. The van der Waals surface area contributed by atoms with Gasteiger partial charge < -0.3 is 28.9 Å². The van der Waals surface area contributed by atoms with E-state index in [1.54, 1.807) is 60.1 Å². The van der Waals surface area contributed by atoms with Crippen LogP contribution in [0.1, 0.15) is 19.3 Å². The lowest BCUT2D eigenvalue weighted by Gasteiger charge is -2.20. The molecule has 14 heteroatoms. The zero-order chi connectivity index (χ0) is 36.8. The summed E-state index contributed by atoms with van der Waals surface area (Å²) in [6, 6.07) is 22.8. The standard InChI is InChI=1S/C38H38FN5O6S2/c1-49-23-21-41-29(17-19-32-40(20-10-9-15-33(45)46)30-25-26(39)16-18-31(30)52-32)36(47)43(27-11-5-3-6-12-27)35(41)34-37(48)44(28-13-7-4-8-14-28)38(51)42(34)22-24-50-2/h3-8,11-14,16-19,25H,9-10,15,20-24H2,1-2H3,(H,45,46)/b29-17+,32-19+,35-34+. The quantitative estimate of drug-likeness (QED) is 0.148. The first kappa shape index (κ1) is 36.8. The van der Waals surface area contributed by atoms with Gasteiger partial charge in [-0.15, -0.1) is 0 Å². The molecule has 4 aromatic rings. The first-order valence-corrected chi connectivity index (χ1v) is 18.0. The SMILES string of the molecule is COCCN1C(=S)N(c2ccccc2)C(=O)/C1=c1\n(-c2ccccc2)c(=O)/c(=C\C=C2\Sc3ccc(F)cc3N2CCCCC(=O)O)n1CCOC. The highest BCUT2D eigenvalue weighted by Crippen LogP contribution is 2.46. The van der Waals surface area contributed by atoms with Crippen LogP contribution in [0.25, 0.3) is 17.5 Å². The van der Waals surface area contributed by atoms with Gasteiger partial charge in [0.15, 0.2) is 16.3 Å². The van der Waals surface area contributed by atoms with Crippen LogP contribution in [0, 0.1) is 5.82 Å². The van der Waals surface area contributed by atoms with Crippen LogP contribution < -0.4 is 26.2 Å². The van der Waals surface area contributed by atoms with E-state index in [-0.39, 0.29) is 60.3 Å². The maximum absolute atomic E-state index is 14.7. The summed E-state index contributed by atoms with van der Waals surface area (Å²) in [6.07, 6.45) is 4.56. The molecule has 0 saturated carbocycles. The molecule has 1 aromatic heterocycles. The number of aliphatic carboxylic acids is 1. The van der Waals surface area contributed by atoms with Gasteiger partial charge in [0.25, 0.3) is 11.5 Å². The van der Waals surface area contributed by atoms with Gasteiger partial charge in [-0.2, -0.15) is 0 Å². The second kappa shape index (κ2) is 16.5. The van der Waals surface area contributed by atoms with Crippen molar-refractivity contribution < 1.29 is 28.6 Å². The molecule has 3 aromatic carbocycles. The van der Waals surface area contributed by atoms with Gasteiger partial charge in [-0.1, -0.05) is 48.2 Å². The molecule has 3 heterocycles. The molecule has 270 valence electrons. The molecule has 1 N–H and O–H groups in total. The number of carbonyl (C=O) groups excluding carboxylic acids is 1. The summed E-state index contributed by atoms with van der Waals surface area (Å²) in [5.74, 6) is -1.65. The Labute approximate surface area is 309 Å². The first-order chi connectivity index (χ1) is 25.2. The van der Waals surface area contributed by atoms with Crippen LogP contribution in [-0.4, -0.2) is 76.7 Å². The van der Waals surface area contributed by atoms with Crippen molar-refractivity contribution in [1.29, 1.82) is 0 Å². The van der Waals surface area contributed by atoms with Gasteiger partial charge in [-0.05, 0) is 79.7 Å². The predicted molar refractivity (Wildman–Crippen MR) is 203 cm³/mol. The molecule has 0 spiro atoms. The number of fused-ring (bicyclic) bond motifs is 1. The number of carbonyl (C=O) groups is 2. The molecule has 1 fully saturated rings. The van der Waals surface area contributed by atoms with Gasteiger partial charge >= 0.3 is 5.97 Å². The van der Waals surface area contributed by atoms with Gasteiger partial charge in [0.2, 0.25) is 0 Å². The lowest BCUT2D eigenvalue weighted by atomic mass is 10.2. The Morgan fingerprint density at radius 1 is 0.865 bits per heavy atom. The molecule has 1 amide bonds. The summed E-state index contributed by atoms with van der Waals surface area (Å²) >= 11 is 7.36. The molecule has 0 atom stereocenters. The van der Waals surface area contributed by atoms with Crippen LogP contribution in [0.2, 0.25) is 0 Å². The lowest BCUT2D eigenvalue weighted by molar-refractivity contribution is -0.137. The molecule has 2 aliphatic heterocycles. The Balaban J connectivity index is 1.60. The molecular formula is C38H38FN5O6S2. The summed E-state index contributed by atoms with van der Waals surface area (Å²) in [5, 5.41) is 10.4. The Bertz CT molecular complexity index is 2190. The van der Waals surface area contributed by atoms with E-state index < -0.39 is 11.9 Å². The second-order valence-electron chi connectivity index (χ2n) is 12.0. The Hall–Kier alpha value is -5.02. The fraction of sp³-hybridized carbons (Fsp3) is 0.263. The van der Waals surface area contributed by atoms with Crippen LogP contribution in [0.4, 0.5) is 15.8 Å². The van der Waals surface area contributed by atoms with E-state index >= 15 is 0 Å². The number of carboxylic acid groups (broad SMARTS) is 1. The highest BCUT2D eigenvalue weighted by molar-refractivity contribution is 8.03. The van der Waals surface area contributed by atoms with E-state index in [0.717, 1.165) is 9.92 Å². The number of unbranched alkanes of at least 4 members (excludes halogenated alkanes) is 1. The average molecular weight is 744 g/mol. The van der Waals surface area contributed by atoms with Crippen molar-refractivity contribution in [3.8, 4) is 5.69 Å². The molecule has 2 aliphatic rings. The number of thiocarbonyl (C=S) groups is 1. The number of hydrogen-bond donors (Lipinski definition) is 1. The number of carboxylic acids is 1. The van der Waals surface area contributed by atoms with Gasteiger partial charge in [-0.25, -0.2) is 4.39 Å². The number of anilines is 2. The molecule has 0 radical (unpaired) electrons. The third-order valence-electron chi connectivity index (χ3n) is 8.66. The number of ether oxygens (including phenoxy) is 2. The van der Waals surface area contributed by atoms with Gasteiger partial charge in [-0.3, -0.25) is 23.9 Å². The number of aromatic nitrogens is 2. The molecule has 11 nitrogen and oxygen atoms in total. The highest BCUT2D eigenvalue weighted by Gasteiger charge is 2.41. The number of amides is 1. The van der Waals surface area contributed by atoms with Crippen molar-refractivity contribution >= 4 is 64.1 Å². The zero-order valence-corrected chi connectivity index (χ0v) is 30.4. The van der Waals surface area contributed by atoms with E-state index in [9.17, 15) is 18.8 Å². The van der Waals surface area contributed by atoms with Crippen LogP contribution >= 0.6 is 24.0 Å². The number of allylic oxidation sites excluding steroid dienone is 1. The van der Waals surface area contributed by atoms with E-state index in [1.807, 2.05) is 47.4 Å². The minimum Gasteiger partial charge on any atom is -0.481 e. The van der Waals surface area contributed by atoms with Crippen LogP contribution in [0.5, 0.6) is 0 Å². The Morgan fingerprint density at radius 3 is 2.21 bits per heavy atom. The number of nitrogens with zero attached hydrogens (tertiary/aromatic N) is 5. The molecular weight excluding hydrogens is 706 g/mol. The Kier molecular flexibility index (Phi) is 11.7. The molecule has 6 rings (SSSR count). The van der Waals surface area contributed by atoms with E-state index in [4.69, 9.17) is 26.8 Å². The fourth-order valence-corrected chi connectivity index (χ4v) is 7.68. The fourth-order valence-electron chi connectivity index (χ4n) is 6.24. The first-order valence-electron chi connectivity index (χ1n) is 16.7. The lowest BCUT2D eigenvalue weighted by Crippen LogP contribution is -2.39. The second-order valence-corrected chi connectivity index (χ2v) is 13.4. The third kappa shape index (κ3) is 7.46. The van der Waals surface area contributed by atoms with Gasteiger partial charge in [0.1, 0.15) is 11.2 Å². The van der Waals surface area contributed by atoms with Crippen LogP contribution in [0.15, 0.2) is 99.7 Å². The van der Waals surface area contributed by atoms with E-state index in [0.29, 0.717) is 41.9 Å². The topological polar surface area (TPSA) is 109 Å². The number of rotatable bonds is 14. The van der Waals surface area contributed by atoms with Crippen molar-refractivity contribution in [2.75, 3.05) is 50.3 Å². The van der Waals surface area contributed by atoms with Crippen molar-refractivity contribution in [3.05, 3.63) is 117 Å². The molecule has 52 heavy (non-hydrogen) atoms. The van der Waals surface area contributed by atoms with Gasteiger partial charge in [0.05, 0.1) is 35.3 Å². The van der Waals surface area contributed by atoms with Crippen LogP contribution in [0.3, 0.4) is 0 Å². The smallest absolute Gasteiger partial charge is 0.303 e. The maximum Gasteiger partial charge on any atom is 0.303 e. The monoisotopic (exact) mass is 743 g/mol. The minimum absolute atomic E-state index is 0.0288. The van der Waals surface area contributed by atoms with Crippen LogP contribution in [-0.2, 0) is 25.6 Å². The van der Waals surface area contributed by atoms with Crippen molar-refractivity contribution in [2.24, 2.45) is 0 Å². The van der Waals surface area contributed by atoms with Gasteiger partial charge in [0, 0.05) is 45.2 Å². The summed E-state index contributed by atoms with van der Waals surface area (Å²) in [7, 11) is 3.14. The average Bonchev–Trinajstić information content (AvgIpc) is 3.71. The number of para-hydroxylation sites is 2. The van der Waals surface area contributed by atoms with Crippen molar-refractivity contribution in [3.63, 3.8) is 0 Å². The number of thioether (sulfide) groups is 1. The summed E-state index contributed by atoms with van der Waals surface area (Å²) in [4.78, 5) is 46.4. The van der Waals surface area contributed by atoms with E-state index in [1.165, 1.54) is 33.4 Å². The Morgan fingerprint density at radius 2 is 1.54 bits per heavy atom.